The van der Waals surface area contributed by atoms with Gasteiger partial charge in [-0.15, -0.1) is 0 Å². The van der Waals surface area contributed by atoms with Gasteiger partial charge in [0.05, 0.1) is 16.0 Å². The number of nitro groups is 1. The molecule has 0 fully saturated rings. The molecular weight excluding hydrogens is 324 g/mol. The Morgan fingerprint density at radius 3 is 2.72 bits per heavy atom. The Balaban J connectivity index is 1.75. The number of amides is 1. The summed E-state index contributed by atoms with van der Waals surface area (Å²) in [5.74, 6) is 0.110. The lowest BCUT2D eigenvalue weighted by molar-refractivity contribution is -0.384. The van der Waals surface area contributed by atoms with Crippen LogP contribution in [0.5, 0.6) is 0 Å². The van der Waals surface area contributed by atoms with Crippen molar-refractivity contribution in [1.29, 1.82) is 0 Å². The highest BCUT2D eigenvalue weighted by atomic mass is 16.6. The molecule has 0 saturated heterocycles. The van der Waals surface area contributed by atoms with Crippen molar-refractivity contribution in [2.24, 2.45) is 0 Å². The summed E-state index contributed by atoms with van der Waals surface area (Å²) in [5, 5.41) is 19.2. The number of hydrogen-bond donors (Lipinski definition) is 3. The van der Waals surface area contributed by atoms with E-state index >= 15 is 0 Å². The number of carbonyl (C=O) groups is 1. The molecule has 0 aliphatic heterocycles. The quantitative estimate of drug-likeness (QED) is 0.286. The van der Waals surface area contributed by atoms with Crippen molar-refractivity contribution in [3.8, 4) is 0 Å². The van der Waals surface area contributed by atoms with Crippen LogP contribution in [0.25, 0.3) is 17.1 Å². The zero-order valence-corrected chi connectivity index (χ0v) is 13.0. The number of imidazole rings is 1. The van der Waals surface area contributed by atoms with Gasteiger partial charge in [0, 0.05) is 24.6 Å². The second-order valence-corrected chi connectivity index (χ2v) is 5.37. The summed E-state index contributed by atoms with van der Waals surface area (Å²) in [6.45, 7) is 0. The molecule has 1 aromatic heterocycles. The van der Waals surface area contributed by atoms with Crippen molar-refractivity contribution >= 4 is 28.7 Å². The van der Waals surface area contributed by atoms with Crippen LogP contribution in [0.3, 0.4) is 0 Å². The summed E-state index contributed by atoms with van der Waals surface area (Å²) in [6.07, 6.45) is 3.35. The van der Waals surface area contributed by atoms with Crippen molar-refractivity contribution in [2.45, 2.75) is 6.42 Å². The fourth-order valence-electron chi connectivity index (χ4n) is 2.40. The molecule has 1 heterocycles. The van der Waals surface area contributed by atoms with Gasteiger partial charge in [0.15, 0.2) is 0 Å². The standard InChI is InChI=1S/C17H14N4O4/c22-17(20-23)8-5-11-1-3-12(4-2-11)9-16-18-14-7-6-13(21(24)25)10-15(14)19-16/h1-8,10,23H,9H2,(H,18,19)(H,20,22)/b8-5+. The van der Waals surface area contributed by atoms with Gasteiger partial charge in [0.1, 0.15) is 5.82 Å². The Kier molecular flexibility index (Phi) is 4.53. The van der Waals surface area contributed by atoms with E-state index in [2.05, 4.69) is 9.97 Å². The minimum Gasteiger partial charge on any atom is -0.341 e. The van der Waals surface area contributed by atoms with Crippen LogP contribution in [0.15, 0.2) is 48.5 Å². The summed E-state index contributed by atoms with van der Waals surface area (Å²) < 4.78 is 0. The molecule has 1 amide bonds. The smallest absolute Gasteiger partial charge is 0.271 e. The maximum Gasteiger partial charge on any atom is 0.271 e. The topological polar surface area (TPSA) is 121 Å². The fraction of sp³-hybridized carbons (Fsp3) is 0.0588. The van der Waals surface area contributed by atoms with Gasteiger partial charge in [-0.3, -0.25) is 20.1 Å². The van der Waals surface area contributed by atoms with Crippen LogP contribution in [0.2, 0.25) is 0 Å². The third-order valence-electron chi connectivity index (χ3n) is 3.61. The number of nitrogens with zero attached hydrogens (tertiary/aromatic N) is 2. The van der Waals surface area contributed by atoms with Crippen LogP contribution < -0.4 is 5.48 Å². The van der Waals surface area contributed by atoms with Crippen LogP contribution in [0, 0.1) is 10.1 Å². The molecule has 0 aliphatic rings. The molecule has 25 heavy (non-hydrogen) atoms. The van der Waals surface area contributed by atoms with Crippen molar-refractivity contribution in [1.82, 2.24) is 15.4 Å². The van der Waals surface area contributed by atoms with Gasteiger partial charge in [-0.2, -0.15) is 0 Å². The fourth-order valence-corrected chi connectivity index (χ4v) is 2.40. The van der Waals surface area contributed by atoms with E-state index in [0.29, 0.717) is 23.3 Å². The summed E-state index contributed by atoms with van der Waals surface area (Å²) >= 11 is 0. The summed E-state index contributed by atoms with van der Waals surface area (Å²) in [4.78, 5) is 28.8. The molecule has 8 heteroatoms. The van der Waals surface area contributed by atoms with Crippen LogP contribution in [-0.2, 0) is 11.2 Å². The van der Waals surface area contributed by atoms with Crippen LogP contribution in [0.4, 0.5) is 5.69 Å². The number of fused-ring (bicyclic) bond motifs is 1. The zero-order valence-electron chi connectivity index (χ0n) is 13.0. The Morgan fingerprint density at radius 2 is 2.04 bits per heavy atom. The number of non-ortho nitro benzene ring substituents is 1. The number of nitrogens with one attached hydrogen (secondary N) is 2. The Hall–Kier alpha value is -3.52. The van der Waals surface area contributed by atoms with Gasteiger partial charge in [-0.05, 0) is 23.3 Å². The number of H-pyrrole nitrogens is 1. The number of hydroxylamine groups is 1. The largest absolute Gasteiger partial charge is 0.341 e. The van der Waals surface area contributed by atoms with Crippen LogP contribution in [-0.4, -0.2) is 26.0 Å². The third-order valence-corrected chi connectivity index (χ3v) is 3.61. The molecule has 2 aromatic carbocycles. The van der Waals surface area contributed by atoms with Gasteiger partial charge < -0.3 is 4.98 Å². The maximum absolute atomic E-state index is 10.9. The van der Waals surface area contributed by atoms with E-state index in [1.807, 2.05) is 24.3 Å². The van der Waals surface area contributed by atoms with E-state index in [0.717, 1.165) is 11.1 Å². The lowest BCUT2D eigenvalue weighted by atomic mass is 10.1. The van der Waals surface area contributed by atoms with E-state index in [4.69, 9.17) is 5.21 Å². The molecule has 0 saturated carbocycles. The second kappa shape index (κ2) is 6.93. The minimum absolute atomic E-state index is 0.0192. The molecular formula is C17H14N4O4. The van der Waals surface area contributed by atoms with E-state index in [9.17, 15) is 14.9 Å². The molecule has 0 unspecified atom stereocenters. The van der Waals surface area contributed by atoms with Crippen molar-refractivity contribution in [2.75, 3.05) is 0 Å². The number of aromatic nitrogens is 2. The monoisotopic (exact) mass is 338 g/mol. The van der Waals surface area contributed by atoms with Crippen LogP contribution in [0.1, 0.15) is 17.0 Å². The first-order valence-corrected chi connectivity index (χ1v) is 7.39. The normalized spacial score (nSPS) is 11.1. The maximum atomic E-state index is 10.9. The summed E-state index contributed by atoms with van der Waals surface area (Å²) in [5.41, 5.74) is 4.65. The molecule has 8 nitrogen and oxygen atoms in total. The van der Waals surface area contributed by atoms with Crippen molar-refractivity contribution < 1.29 is 14.9 Å². The Labute approximate surface area is 141 Å². The van der Waals surface area contributed by atoms with E-state index < -0.39 is 10.8 Å². The molecule has 0 spiro atoms. The highest BCUT2D eigenvalue weighted by molar-refractivity contribution is 5.90. The number of nitro benzene ring substituents is 1. The van der Waals surface area contributed by atoms with Gasteiger partial charge in [0.25, 0.3) is 11.6 Å². The van der Waals surface area contributed by atoms with E-state index in [-0.39, 0.29) is 5.69 Å². The van der Waals surface area contributed by atoms with Crippen LogP contribution >= 0.6 is 0 Å². The minimum atomic E-state index is -0.597. The first kappa shape index (κ1) is 16.3. The van der Waals surface area contributed by atoms with E-state index in [1.165, 1.54) is 23.7 Å². The SMILES string of the molecule is O=C(/C=C/c1ccc(Cc2nc3ccc([N+](=O)[O-])cc3[nH]2)cc1)NO. The molecule has 3 aromatic rings. The number of aromatic amines is 1. The molecule has 126 valence electrons. The highest BCUT2D eigenvalue weighted by Gasteiger charge is 2.10. The Morgan fingerprint density at radius 1 is 1.28 bits per heavy atom. The van der Waals surface area contributed by atoms with Gasteiger partial charge in [-0.25, -0.2) is 10.5 Å². The first-order valence-electron chi connectivity index (χ1n) is 7.39. The number of hydrogen-bond acceptors (Lipinski definition) is 5. The number of rotatable bonds is 5. The second-order valence-electron chi connectivity index (χ2n) is 5.37. The average Bonchev–Trinajstić information content (AvgIpc) is 3.02. The molecule has 0 radical (unpaired) electrons. The molecule has 0 atom stereocenters. The predicted octanol–water partition coefficient (Wildman–Crippen LogP) is 2.58. The summed E-state index contributed by atoms with van der Waals surface area (Å²) in [6, 6.07) is 12.0. The highest BCUT2D eigenvalue weighted by Crippen LogP contribution is 2.20. The first-order chi connectivity index (χ1) is 12.0. The van der Waals surface area contributed by atoms with E-state index in [1.54, 1.807) is 12.1 Å². The van der Waals surface area contributed by atoms with Gasteiger partial charge in [-0.1, -0.05) is 24.3 Å². The lowest BCUT2D eigenvalue weighted by Gasteiger charge is -1.99. The molecule has 0 bridgehead atoms. The van der Waals surface area contributed by atoms with Gasteiger partial charge in [0.2, 0.25) is 0 Å². The average molecular weight is 338 g/mol. The number of benzene rings is 2. The molecule has 3 rings (SSSR count). The predicted molar refractivity (Wildman–Crippen MR) is 91.0 cm³/mol. The summed E-state index contributed by atoms with van der Waals surface area (Å²) in [7, 11) is 0. The van der Waals surface area contributed by atoms with Gasteiger partial charge >= 0.3 is 0 Å². The third kappa shape index (κ3) is 3.88. The zero-order chi connectivity index (χ0) is 17.8. The number of carbonyl (C=O) groups excluding carboxylic acids is 1. The molecule has 3 N–H and O–H groups in total. The van der Waals surface area contributed by atoms with Crippen molar-refractivity contribution in [3.63, 3.8) is 0 Å². The Bertz CT molecular complexity index is 960. The molecule has 0 aliphatic carbocycles. The van der Waals surface area contributed by atoms with Crippen molar-refractivity contribution in [3.05, 3.63) is 75.6 Å². The lowest BCUT2D eigenvalue weighted by Crippen LogP contribution is -2.14.